The summed E-state index contributed by atoms with van der Waals surface area (Å²) in [6.45, 7) is 2.21. The van der Waals surface area contributed by atoms with E-state index in [0.29, 0.717) is 0 Å². The lowest BCUT2D eigenvalue weighted by Gasteiger charge is -2.31. The Hall–Kier alpha value is -1.83. The summed E-state index contributed by atoms with van der Waals surface area (Å²) in [5.41, 5.74) is 8.90. The fourth-order valence-electron chi connectivity index (χ4n) is 3.11. The second kappa shape index (κ2) is 7.63. The van der Waals surface area contributed by atoms with E-state index in [4.69, 9.17) is 5.73 Å². The first-order chi connectivity index (χ1) is 10.7. The van der Waals surface area contributed by atoms with Crippen molar-refractivity contribution < 1.29 is 0 Å². The predicted molar refractivity (Wildman–Crippen MR) is 102 cm³/mol. The number of hydrogen-bond acceptors (Lipinski definition) is 1. The Morgan fingerprint density at radius 2 is 1.43 bits per heavy atom. The van der Waals surface area contributed by atoms with Crippen molar-refractivity contribution in [3.8, 4) is 0 Å². The van der Waals surface area contributed by atoms with E-state index in [2.05, 4.69) is 73.7 Å². The van der Waals surface area contributed by atoms with Gasteiger partial charge in [-0.2, -0.15) is 0 Å². The Kier molecular flexibility index (Phi) is 5.81. The molecule has 0 amide bonds. The normalized spacial score (nSPS) is 13.3. The number of unbranched alkanes of at least 4 members (excludes halogenated alkanes) is 1. The average Bonchev–Trinajstić information content (AvgIpc) is 2.60. The van der Waals surface area contributed by atoms with Crippen LogP contribution in [-0.2, 0) is 5.54 Å². The van der Waals surface area contributed by atoms with Crippen LogP contribution in [0.5, 0.6) is 0 Å². The highest BCUT2D eigenvalue weighted by atomic mass is 35.5. The van der Waals surface area contributed by atoms with Gasteiger partial charge in [-0.25, -0.2) is 0 Å². The largest absolute Gasteiger partial charge is 0.318 e. The van der Waals surface area contributed by atoms with E-state index in [1.807, 2.05) is 6.07 Å². The van der Waals surface area contributed by atoms with Gasteiger partial charge >= 0.3 is 0 Å². The SMILES string of the molecule is CCCC[C@](N)(c1ccccc1)c1ccc2ccccc2c1.Cl. The van der Waals surface area contributed by atoms with E-state index < -0.39 is 5.54 Å². The monoisotopic (exact) mass is 325 g/mol. The molecule has 3 aromatic rings. The van der Waals surface area contributed by atoms with Crippen LogP contribution in [0.2, 0.25) is 0 Å². The topological polar surface area (TPSA) is 26.0 Å². The van der Waals surface area contributed by atoms with Gasteiger partial charge in [-0.3, -0.25) is 0 Å². The van der Waals surface area contributed by atoms with Crippen molar-refractivity contribution in [1.82, 2.24) is 0 Å². The summed E-state index contributed by atoms with van der Waals surface area (Å²) in [5.74, 6) is 0. The van der Waals surface area contributed by atoms with Crippen molar-refractivity contribution in [3.05, 3.63) is 83.9 Å². The molecule has 0 bridgehead atoms. The number of rotatable bonds is 5. The fourth-order valence-corrected chi connectivity index (χ4v) is 3.11. The molecule has 1 atom stereocenters. The quantitative estimate of drug-likeness (QED) is 0.644. The van der Waals surface area contributed by atoms with Gasteiger partial charge in [-0.1, -0.05) is 86.5 Å². The van der Waals surface area contributed by atoms with Gasteiger partial charge in [0, 0.05) is 0 Å². The number of benzene rings is 3. The van der Waals surface area contributed by atoms with Crippen molar-refractivity contribution in [2.75, 3.05) is 0 Å². The third-order valence-corrected chi connectivity index (χ3v) is 4.48. The van der Waals surface area contributed by atoms with E-state index in [9.17, 15) is 0 Å². The predicted octanol–water partition coefficient (Wildman–Crippen LogP) is 5.65. The van der Waals surface area contributed by atoms with Gasteiger partial charge in [0.2, 0.25) is 0 Å². The van der Waals surface area contributed by atoms with E-state index in [-0.39, 0.29) is 12.4 Å². The van der Waals surface area contributed by atoms with Crippen molar-refractivity contribution in [2.45, 2.75) is 31.7 Å². The first-order valence-electron chi connectivity index (χ1n) is 8.08. The van der Waals surface area contributed by atoms with Gasteiger partial charge in [-0.15, -0.1) is 12.4 Å². The first-order valence-corrected chi connectivity index (χ1v) is 8.08. The summed E-state index contributed by atoms with van der Waals surface area (Å²) in [5, 5.41) is 2.51. The molecule has 2 heteroatoms. The maximum atomic E-state index is 6.92. The highest BCUT2D eigenvalue weighted by Crippen LogP contribution is 2.33. The molecular formula is C21H24ClN. The Labute approximate surface area is 144 Å². The van der Waals surface area contributed by atoms with Gasteiger partial charge in [0.1, 0.15) is 0 Å². The molecule has 0 aliphatic carbocycles. The molecule has 0 saturated heterocycles. The van der Waals surface area contributed by atoms with E-state index in [1.54, 1.807) is 0 Å². The summed E-state index contributed by atoms with van der Waals surface area (Å²) in [6, 6.07) is 25.6. The zero-order chi connectivity index (χ0) is 15.4. The minimum Gasteiger partial charge on any atom is -0.318 e. The van der Waals surface area contributed by atoms with Gasteiger partial charge in [0.15, 0.2) is 0 Å². The molecule has 0 aliphatic heterocycles. The Morgan fingerprint density at radius 3 is 2.13 bits per heavy atom. The summed E-state index contributed by atoms with van der Waals surface area (Å²) in [4.78, 5) is 0. The lowest BCUT2D eigenvalue weighted by atomic mass is 9.79. The van der Waals surface area contributed by atoms with E-state index >= 15 is 0 Å². The Balaban J connectivity index is 0.00000192. The molecule has 120 valence electrons. The highest BCUT2D eigenvalue weighted by molar-refractivity contribution is 5.85. The molecule has 0 spiro atoms. The molecule has 0 heterocycles. The third-order valence-electron chi connectivity index (χ3n) is 4.48. The van der Waals surface area contributed by atoms with Gasteiger partial charge < -0.3 is 5.73 Å². The Morgan fingerprint density at radius 1 is 0.783 bits per heavy atom. The summed E-state index contributed by atoms with van der Waals surface area (Å²) in [6.07, 6.45) is 3.24. The second-order valence-electron chi connectivity index (χ2n) is 6.00. The number of halogens is 1. The molecule has 0 aromatic heterocycles. The van der Waals surface area contributed by atoms with Crippen LogP contribution < -0.4 is 5.73 Å². The lowest BCUT2D eigenvalue weighted by molar-refractivity contribution is 0.469. The fraction of sp³-hybridized carbons (Fsp3) is 0.238. The molecule has 0 radical (unpaired) electrons. The van der Waals surface area contributed by atoms with Crippen molar-refractivity contribution in [2.24, 2.45) is 5.73 Å². The van der Waals surface area contributed by atoms with Crippen LogP contribution >= 0.6 is 12.4 Å². The molecule has 3 rings (SSSR count). The van der Waals surface area contributed by atoms with Crippen LogP contribution in [0.1, 0.15) is 37.3 Å². The second-order valence-corrected chi connectivity index (χ2v) is 6.00. The highest BCUT2D eigenvalue weighted by Gasteiger charge is 2.28. The van der Waals surface area contributed by atoms with Gasteiger partial charge in [0.05, 0.1) is 5.54 Å². The average molecular weight is 326 g/mol. The summed E-state index contributed by atoms with van der Waals surface area (Å²) >= 11 is 0. The maximum Gasteiger partial charge on any atom is 0.0665 e. The maximum absolute atomic E-state index is 6.92. The van der Waals surface area contributed by atoms with Crippen LogP contribution in [0.15, 0.2) is 72.8 Å². The molecule has 0 aliphatic rings. The standard InChI is InChI=1S/C21H23N.ClH/c1-2-3-15-21(22,19-11-5-4-6-12-19)20-14-13-17-9-7-8-10-18(17)16-20;/h4-14,16H,2-3,15,22H2,1H3;1H/t21-;/m0./s1. The van der Waals surface area contributed by atoms with Crippen molar-refractivity contribution in [3.63, 3.8) is 0 Å². The zero-order valence-electron chi connectivity index (χ0n) is 13.5. The number of nitrogens with two attached hydrogens (primary N) is 1. The number of fused-ring (bicyclic) bond motifs is 1. The van der Waals surface area contributed by atoms with E-state index in [1.165, 1.54) is 21.9 Å². The summed E-state index contributed by atoms with van der Waals surface area (Å²) < 4.78 is 0. The zero-order valence-corrected chi connectivity index (χ0v) is 14.4. The van der Waals surface area contributed by atoms with Gasteiger partial charge in [0.25, 0.3) is 0 Å². The molecule has 3 aromatic carbocycles. The Bertz CT molecular complexity index is 754. The molecule has 2 N–H and O–H groups in total. The van der Waals surface area contributed by atoms with Crippen LogP contribution in [0.25, 0.3) is 10.8 Å². The minimum atomic E-state index is -0.415. The summed E-state index contributed by atoms with van der Waals surface area (Å²) in [7, 11) is 0. The molecular weight excluding hydrogens is 302 g/mol. The van der Waals surface area contributed by atoms with Crippen molar-refractivity contribution in [1.29, 1.82) is 0 Å². The van der Waals surface area contributed by atoms with Crippen LogP contribution in [0, 0.1) is 0 Å². The van der Waals surface area contributed by atoms with Crippen molar-refractivity contribution >= 4 is 23.2 Å². The minimum absolute atomic E-state index is 0. The lowest BCUT2D eigenvalue weighted by Crippen LogP contribution is -2.37. The number of hydrogen-bond donors (Lipinski definition) is 1. The smallest absolute Gasteiger partial charge is 0.0665 e. The molecule has 0 unspecified atom stereocenters. The third kappa shape index (κ3) is 3.57. The van der Waals surface area contributed by atoms with Crippen LogP contribution in [-0.4, -0.2) is 0 Å². The molecule has 1 nitrogen and oxygen atoms in total. The van der Waals surface area contributed by atoms with Crippen LogP contribution in [0.3, 0.4) is 0 Å². The first kappa shape index (κ1) is 17.5. The van der Waals surface area contributed by atoms with Gasteiger partial charge in [-0.05, 0) is 34.4 Å². The molecule has 23 heavy (non-hydrogen) atoms. The van der Waals surface area contributed by atoms with Crippen LogP contribution in [0.4, 0.5) is 0 Å². The molecule has 0 saturated carbocycles. The van der Waals surface area contributed by atoms with E-state index in [0.717, 1.165) is 19.3 Å². The molecule has 0 fully saturated rings.